The summed E-state index contributed by atoms with van der Waals surface area (Å²) in [4.78, 5) is 14.2. The zero-order valence-electron chi connectivity index (χ0n) is 11.9. The van der Waals surface area contributed by atoms with Crippen molar-refractivity contribution in [1.29, 1.82) is 0 Å². The Balaban J connectivity index is 1.80. The molecule has 1 heterocycles. The standard InChI is InChI=1S/C15H22FN3O/c1-2-8-19(12-10-17-11-12)9-7-15(20)18-14-6-4-3-5-13(14)16/h3-6,12,17H,2,7-11H2,1H3,(H,18,20). The summed E-state index contributed by atoms with van der Waals surface area (Å²) >= 11 is 0. The van der Waals surface area contributed by atoms with E-state index in [1.165, 1.54) is 6.07 Å². The molecule has 4 nitrogen and oxygen atoms in total. The second-order valence-electron chi connectivity index (χ2n) is 5.13. The molecular formula is C15H22FN3O. The zero-order chi connectivity index (χ0) is 14.4. The summed E-state index contributed by atoms with van der Waals surface area (Å²) in [6.07, 6.45) is 1.47. The molecule has 0 spiro atoms. The Morgan fingerprint density at radius 2 is 2.15 bits per heavy atom. The highest BCUT2D eigenvalue weighted by Crippen LogP contribution is 2.13. The fourth-order valence-electron chi connectivity index (χ4n) is 2.32. The summed E-state index contributed by atoms with van der Waals surface area (Å²) < 4.78 is 13.4. The molecule has 1 fully saturated rings. The van der Waals surface area contributed by atoms with Crippen LogP contribution in [0.5, 0.6) is 0 Å². The molecule has 5 heteroatoms. The van der Waals surface area contributed by atoms with Gasteiger partial charge in [0.25, 0.3) is 0 Å². The smallest absolute Gasteiger partial charge is 0.225 e. The summed E-state index contributed by atoms with van der Waals surface area (Å²) in [5, 5.41) is 5.87. The third-order valence-corrected chi connectivity index (χ3v) is 3.56. The van der Waals surface area contributed by atoms with Gasteiger partial charge in [0.2, 0.25) is 5.91 Å². The van der Waals surface area contributed by atoms with Gasteiger partial charge in [0.15, 0.2) is 0 Å². The summed E-state index contributed by atoms with van der Waals surface area (Å²) in [7, 11) is 0. The number of nitrogens with one attached hydrogen (secondary N) is 2. The first-order chi connectivity index (χ1) is 9.70. The van der Waals surface area contributed by atoms with Gasteiger partial charge in [-0.25, -0.2) is 4.39 Å². The molecule has 1 aliphatic heterocycles. The minimum atomic E-state index is -0.394. The molecule has 0 aromatic heterocycles. The number of rotatable bonds is 7. The van der Waals surface area contributed by atoms with Crippen LogP contribution >= 0.6 is 0 Å². The first kappa shape index (κ1) is 14.9. The second-order valence-corrected chi connectivity index (χ2v) is 5.13. The molecular weight excluding hydrogens is 257 g/mol. The number of benzene rings is 1. The largest absolute Gasteiger partial charge is 0.324 e. The molecule has 0 radical (unpaired) electrons. The van der Waals surface area contributed by atoms with Crippen LogP contribution in [0.15, 0.2) is 24.3 Å². The SMILES string of the molecule is CCCN(CCC(=O)Nc1ccccc1F)C1CNC1. The molecule has 0 unspecified atom stereocenters. The van der Waals surface area contributed by atoms with Gasteiger partial charge >= 0.3 is 0 Å². The summed E-state index contributed by atoms with van der Waals surface area (Å²) in [6, 6.07) is 6.78. The van der Waals surface area contributed by atoms with Gasteiger partial charge in [-0.1, -0.05) is 19.1 Å². The Hall–Kier alpha value is -1.46. The Morgan fingerprint density at radius 1 is 1.40 bits per heavy atom. The first-order valence-corrected chi connectivity index (χ1v) is 7.20. The van der Waals surface area contributed by atoms with E-state index in [1.807, 2.05) is 0 Å². The third-order valence-electron chi connectivity index (χ3n) is 3.56. The molecule has 20 heavy (non-hydrogen) atoms. The van der Waals surface area contributed by atoms with Crippen molar-refractivity contribution in [2.24, 2.45) is 0 Å². The molecule has 0 bridgehead atoms. The minimum absolute atomic E-state index is 0.136. The number of carbonyl (C=O) groups excluding carboxylic acids is 1. The van der Waals surface area contributed by atoms with E-state index >= 15 is 0 Å². The predicted molar refractivity (Wildman–Crippen MR) is 78.2 cm³/mol. The average Bonchev–Trinajstić information content (AvgIpc) is 2.37. The minimum Gasteiger partial charge on any atom is -0.324 e. The lowest BCUT2D eigenvalue weighted by Crippen LogP contribution is -2.57. The Labute approximate surface area is 119 Å². The monoisotopic (exact) mass is 279 g/mol. The van der Waals surface area contributed by atoms with Crippen LogP contribution < -0.4 is 10.6 Å². The summed E-state index contributed by atoms with van der Waals surface area (Å²) in [5.74, 6) is -0.530. The van der Waals surface area contributed by atoms with Crippen LogP contribution in [-0.4, -0.2) is 43.0 Å². The van der Waals surface area contributed by atoms with E-state index in [0.717, 1.165) is 32.6 Å². The van der Waals surface area contributed by atoms with Crippen molar-refractivity contribution in [3.05, 3.63) is 30.1 Å². The van der Waals surface area contributed by atoms with E-state index < -0.39 is 5.82 Å². The van der Waals surface area contributed by atoms with E-state index in [9.17, 15) is 9.18 Å². The predicted octanol–water partition coefficient (Wildman–Crippen LogP) is 1.84. The van der Waals surface area contributed by atoms with Gasteiger partial charge in [0.1, 0.15) is 5.82 Å². The van der Waals surface area contributed by atoms with Gasteiger partial charge in [-0.2, -0.15) is 0 Å². The quantitative estimate of drug-likeness (QED) is 0.800. The number of para-hydroxylation sites is 1. The van der Waals surface area contributed by atoms with Crippen molar-refractivity contribution in [2.45, 2.75) is 25.8 Å². The van der Waals surface area contributed by atoms with Crippen LogP contribution in [0.2, 0.25) is 0 Å². The van der Waals surface area contributed by atoms with Crippen molar-refractivity contribution in [3.8, 4) is 0 Å². The molecule has 1 saturated heterocycles. The summed E-state index contributed by atoms with van der Waals surface area (Å²) in [5.41, 5.74) is 0.254. The Bertz CT molecular complexity index is 448. The average molecular weight is 279 g/mol. The van der Waals surface area contributed by atoms with E-state index in [-0.39, 0.29) is 11.6 Å². The molecule has 2 N–H and O–H groups in total. The van der Waals surface area contributed by atoms with Crippen molar-refractivity contribution in [1.82, 2.24) is 10.2 Å². The van der Waals surface area contributed by atoms with E-state index in [0.29, 0.717) is 12.5 Å². The zero-order valence-corrected chi connectivity index (χ0v) is 11.9. The van der Waals surface area contributed by atoms with E-state index in [2.05, 4.69) is 22.5 Å². The highest BCUT2D eigenvalue weighted by molar-refractivity contribution is 5.90. The Morgan fingerprint density at radius 3 is 2.75 bits per heavy atom. The van der Waals surface area contributed by atoms with E-state index in [1.54, 1.807) is 18.2 Å². The topological polar surface area (TPSA) is 44.4 Å². The maximum atomic E-state index is 13.4. The number of hydrogen-bond acceptors (Lipinski definition) is 3. The molecule has 1 aliphatic rings. The van der Waals surface area contributed by atoms with E-state index in [4.69, 9.17) is 0 Å². The van der Waals surface area contributed by atoms with Crippen LogP contribution in [0.3, 0.4) is 0 Å². The number of hydrogen-bond donors (Lipinski definition) is 2. The lowest BCUT2D eigenvalue weighted by molar-refractivity contribution is -0.116. The van der Waals surface area contributed by atoms with Gasteiger partial charge in [-0.05, 0) is 25.1 Å². The fraction of sp³-hybridized carbons (Fsp3) is 0.533. The van der Waals surface area contributed by atoms with Crippen LogP contribution in [0.4, 0.5) is 10.1 Å². The number of amides is 1. The maximum absolute atomic E-state index is 13.4. The first-order valence-electron chi connectivity index (χ1n) is 7.20. The van der Waals surface area contributed by atoms with Gasteiger partial charge < -0.3 is 10.6 Å². The second kappa shape index (κ2) is 7.36. The molecule has 0 atom stereocenters. The molecule has 0 aliphatic carbocycles. The van der Waals surface area contributed by atoms with Crippen molar-refractivity contribution in [2.75, 3.05) is 31.5 Å². The highest BCUT2D eigenvalue weighted by Gasteiger charge is 2.24. The van der Waals surface area contributed by atoms with Crippen LogP contribution in [0.1, 0.15) is 19.8 Å². The molecule has 0 saturated carbocycles. The number of nitrogens with zero attached hydrogens (tertiary/aromatic N) is 1. The normalized spacial score (nSPS) is 15.2. The summed E-state index contributed by atoms with van der Waals surface area (Å²) in [6.45, 7) is 5.85. The lowest BCUT2D eigenvalue weighted by Gasteiger charge is -2.38. The molecule has 1 aromatic carbocycles. The van der Waals surface area contributed by atoms with Crippen LogP contribution in [0, 0.1) is 5.82 Å². The molecule has 2 rings (SSSR count). The molecule has 1 amide bonds. The van der Waals surface area contributed by atoms with Gasteiger partial charge in [-0.15, -0.1) is 0 Å². The fourth-order valence-corrected chi connectivity index (χ4v) is 2.32. The van der Waals surface area contributed by atoms with Crippen molar-refractivity contribution in [3.63, 3.8) is 0 Å². The maximum Gasteiger partial charge on any atom is 0.225 e. The Kier molecular flexibility index (Phi) is 5.49. The molecule has 110 valence electrons. The van der Waals surface area contributed by atoms with Gasteiger partial charge in [-0.3, -0.25) is 9.69 Å². The van der Waals surface area contributed by atoms with Gasteiger partial charge in [0, 0.05) is 32.1 Å². The van der Waals surface area contributed by atoms with Crippen LogP contribution in [0.25, 0.3) is 0 Å². The van der Waals surface area contributed by atoms with Crippen LogP contribution in [-0.2, 0) is 4.79 Å². The lowest BCUT2D eigenvalue weighted by atomic mass is 10.1. The number of halogens is 1. The van der Waals surface area contributed by atoms with Crippen molar-refractivity contribution >= 4 is 11.6 Å². The molecule has 1 aromatic rings. The number of carbonyl (C=O) groups is 1. The highest BCUT2D eigenvalue weighted by atomic mass is 19.1. The third kappa shape index (κ3) is 4.02. The van der Waals surface area contributed by atoms with Crippen molar-refractivity contribution < 1.29 is 9.18 Å². The van der Waals surface area contributed by atoms with Gasteiger partial charge in [0.05, 0.1) is 5.69 Å². The number of anilines is 1.